The number of thiocarbonyl (C=S) groups is 1. The number of amides is 2. The van der Waals surface area contributed by atoms with Crippen LogP contribution in [0.1, 0.15) is 54.5 Å². The summed E-state index contributed by atoms with van der Waals surface area (Å²) in [6.45, 7) is 13.5. The molecule has 2 aromatic carbocycles. The first-order valence-corrected chi connectivity index (χ1v) is 18.5. The molecule has 2 heterocycles. The maximum Gasteiger partial charge on any atom is 0.273 e. The SMILES string of the molecule is Cc1cc(C(=O)Nc2cccc(C#C[C@H]3C=NC=C(C(=O)Nc4cccc(CCCO[Si](C)(C)C(C)(C)C)c4O)C3=S)c2)n(C)n1. The number of hydrogen-bond donors (Lipinski definition) is 3. The van der Waals surface area contributed by atoms with Crippen LogP contribution in [-0.2, 0) is 22.7 Å². The molecule has 0 spiro atoms. The van der Waals surface area contributed by atoms with Crippen molar-refractivity contribution < 1.29 is 19.1 Å². The Balaban J connectivity index is 1.37. The summed E-state index contributed by atoms with van der Waals surface area (Å²) >= 11 is 5.63. The maximum absolute atomic E-state index is 13.3. The fourth-order valence-electron chi connectivity index (χ4n) is 4.52. The van der Waals surface area contributed by atoms with E-state index in [0.717, 1.165) is 17.7 Å². The van der Waals surface area contributed by atoms with E-state index in [4.69, 9.17) is 16.6 Å². The van der Waals surface area contributed by atoms with Crippen LogP contribution in [-0.4, -0.2) is 52.7 Å². The standard InChI is InChI=1S/C35H41N5O4SSi/c1-23-19-30(40(5)39-23)34(43)37-27-14-8-11-24(20-27)16-17-26-21-36-22-28(32(26)45)33(42)38-29-15-9-12-25(31(29)41)13-10-18-44-46(6,7)35(2,3)4/h8-9,11-12,14-15,19-22,26,41H,10,13,18H2,1-7H3,(H,37,43)(H,38,42)/t26-/m0/s1. The third kappa shape index (κ3) is 8.45. The van der Waals surface area contributed by atoms with Crippen molar-refractivity contribution in [2.75, 3.05) is 17.2 Å². The van der Waals surface area contributed by atoms with Gasteiger partial charge in [0.2, 0.25) is 0 Å². The van der Waals surface area contributed by atoms with Crippen LogP contribution < -0.4 is 10.6 Å². The maximum atomic E-state index is 13.3. The molecule has 0 unspecified atom stereocenters. The predicted molar refractivity (Wildman–Crippen MR) is 190 cm³/mol. The van der Waals surface area contributed by atoms with Gasteiger partial charge in [-0.25, -0.2) is 0 Å². The Morgan fingerprint density at radius 3 is 2.54 bits per heavy atom. The van der Waals surface area contributed by atoms with Crippen molar-refractivity contribution in [2.24, 2.45) is 18.0 Å². The molecular weight excluding hydrogens is 615 g/mol. The summed E-state index contributed by atoms with van der Waals surface area (Å²) in [6.07, 6.45) is 4.36. The molecule has 46 heavy (non-hydrogen) atoms. The van der Waals surface area contributed by atoms with Crippen molar-refractivity contribution in [3.63, 3.8) is 0 Å². The second-order valence-corrected chi connectivity index (χ2v) is 18.0. The lowest BCUT2D eigenvalue weighted by Crippen LogP contribution is -2.41. The van der Waals surface area contributed by atoms with Gasteiger partial charge in [0, 0.05) is 42.2 Å². The lowest BCUT2D eigenvalue weighted by molar-refractivity contribution is -0.112. The molecule has 1 aromatic heterocycles. The summed E-state index contributed by atoms with van der Waals surface area (Å²) in [5.41, 5.74) is 3.68. The minimum absolute atomic E-state index is 0.0239. The van der Waals surface area contributed by atoms with Crippen LogP contribution in [0.25, 0.3) is 0 Å². The van der Waals surface area contributed by atoms with Crippen LogP contribution in [0.2, 0.25) is 18.1 Å². The Labute approximate surface area is 277 Å². The number of anilines is 2. The van der Waals surface area contributed by atoms with E-state index in [9.17, 15) is 14.7 Å². The number of carbonyl (C=O) groups excluding carboxylic acids is 2. The molecule has 2 amide bonds. The highest BCUT2D eigenvalue weighted by Crippen LogP contribution is 2.37. The van der Waals surface area contributed by atoms with Crippen molar-refractivity contribution in [1.29, 1.82) is 0 Å². The molecule has 240 valence electrons. The first kappa shape index (κ1) is 34.5. The molecule has 0 radical (unpaired) electrons. The number of rotatable bonds is 9. The third-order valence-corrected chi connectivity index (χ3v) is 13.2. The summed E-state index contributed by atoms with van der Waals surface area (Å²) in [5.74, 6) is 4.86. The average molecular weight is 656 g/mol. The monoisotopic (exact) mass is 655 g/mol. The summed E-state index contributed by atoms with van der Waals surface area (Å²) in [4.78, 5) is 30.5. The molecule has 0 aliphatic carbocycles. The number of nitrogens with zero attached hydrogens (tertiary/aromatic N) is 3. The van der Waals surface area contributed by atoms with Crippen LogP contribution in [0.4, 0.5) is 11.4 Å². The van der Waals surface area contributed by atoms with Crippen molar-refractivity contribution in [3.05, 3.63) is 82.8 Å². The van der Waals surface area contributed by atoms with Crippen molar-refractivity contribution in [1.82, 2.24) is 9.78 Å². The Morgan fingerprint density at radius 1 is 1.11 bits per heavy atom. The molecule has 0 saturated heterocycles. The number of nitrogens with one attached hydrogen (secondary N) is 2. The number of aryl methyl sites for hydroxylation is 3. The van der Waals surface area contributed by atoms with E-state index in [0.29, 0.717) is 40.5 Å². The van der Waals surface area contributed by atoms with Crippen LogP contribution >= 0.6 is 12.2 Å². The second-order valence-electron chi connectivity index (χ2n) is 12.8. The number of phenols is 1. The zero-order valence-electron chi connectivity index (χ0n) is 27.4. The molecule has 3 aromatic rings. The molecule has 4 rings (SSSR count). The van der Waals surface area contributed by atoms with Gasteiger partial charge < -0.3 is 20.2 Å². The van der Waals surface area contributed by atoms with E-state index < -0.39 is 20.1 Å². The number of aromatic hydroxyl groups is 1. The number of hydrogen-bond acceptors (Lipinski definition) is 7. The molecule has 1 aliphatic rings. The Kier molecular flexibility index (Phi) is 10.8. The molecule has 9 nitrogen and oxygen atoms in total. The number of aliphatic imine (C=N–C) groups is 1. The average Bonchev–Trinajstić information content (AvgIpc) is 3.33. The van der Waals surface area contributed by atoms with Gasteiger partial charge in [0.1, 0.15) is 11.4 Å². The highest BCUT2D eigenvalue weighted by Gasteiger charge is 2.36. The number of benzene rings is 2. The summed E-state index contributed by atoms with van der Waals surface area (Å²) in [6, 6.07) is 14.2. The van der Waals surface area contributed by atoms with E-state index in [1.165, 1.54) is 10.9 Å². The van der Waals surface area contributed by atoms with Crippen LogP contribution in [0.15, 0.2) is 65.3 Å². The minimum Gasteiger partial charge on any atom is -0.505 e. The number of aromatic nitrogens is 2. The molecular formula is C35H41N5O4SSi. The fraction of sp³-hybridized carbons (Fsp3) is 0.343. The number of phenolic OH excluding ortho intramolecular Hbond substituents is 1. The molecule has 0 bridgehead atoms. The van der Waals surface area contributed by atoms with Crippen molar-refractivity contribution in [2.45, 2.75) is 58.7 Å². The molecule has 11 heteroatoms. The Bertz CT molecular complexity index is 1770. The minimum atomic E-state index is -1.84. The normalized spacial score (nSPS) is 14.7. The van der Waals surface area contributed by atoms with Gasteiger partial charge in [-0.2, -0.15) is 5.10 Å². The summed E-state index contributed by atoms with van der Waals surface area (Å²) in [5, 5.41) is 20.9. The molecule has 1 atom stereocenters. The lowest BCUT2D eigenvalue weighted by atomic mass is 9.97. The quantitative estimate of drug-likeness (QED) is 0.0788. The Morgan fingerprint density at radius 2 is 1.85 bits per heavy atom. The van der Waals surface area contributed by atoms with Crippen LogP contribution in [0.3, 0.4) is 0 Å². The summed E-state index contributed by atoms with van der Waals surface area (Å²) in [7, 11) is -0.127. The molecule has 3 N–H and O–H groups in total. The van der Waals surface area contributed by atoms with E-state index in [1.807, 2.05) is 19.1 Å². The lowest BCUT2D eigenvalue weighted by Gasteiger charge is -2.36. The van der Waals surface area contributed by atoms with Crippen LogP contribution in [0.5, 0.6) is 5.75 Å². The van der Waals surface area contributed by atoms with Gasteiger partial charge in [0.05, 0.1) is 22.9 Å². The largest absolute Gasteiger partial charge is 0.505 e. The summed E-state index contributed by atoms with van der Waals surface area (Å²) < 4.78 is 7.80. The van der Waals surface area contributed by atoms with Gasteiger partial charge in [-0.05, 0) is 73.8 Å². The molecule has 0 fully saturated rings. The smallest absolute Gasteiger partial charge is 0.273 e. The predicted octanol–water partition coefficient (Wildman–Crippen LogP) is 6.59. The second kappa shape index (κ2) is 14.4. The van der Waals surface area contributed by atoms with E-state index in [-0.39, 0.29) is 22.3 Å². The zero-order valence-corrected chi connectivity index (χ0v) is 29.2. The highest BCUT2D eigenvalue weighted by atomic mass is 32.1. The van der Waals surface area contributed by atoms with Gasteiger partial charge in [-0.3, -0.25) is 19.3 Å². The van der Waals surface area contributed by atoms with Gasteiger partial charge in [0.25, 0.3) is 11.8 Å². The molecule has 0 saturated carbocycles. The number of para-hydroxylation sites is 1. The first-order chi connectivity index (χ1) is 21.7. The van der Waals surface area contributed by atoms with Crippen molar-refractivity contribution in [3.8, 4) is 17.6 Å². The zero-order chi connectivity index (χ0) is 33.6. The molecule has 1 aliphatic heterocycles. The van der Waals surface area contributed by atoms with E-state index in [1.54, 1.807) is 49.7 Å². The highest BCUT2D eigenvalue weighted by molar-refractivity contribution is 7.81. The van der Waals surface area contributed by atoms with Gasteiger partial charge in [-0.1, -0.05) is 63.0 Å². The van der Waals surface area contributed by atoms with Crippen molar-refractivity contribution >= 4 is 54.8 Å². The van der Waals surface area contributed by atoms with E-state index in [2.05, 4.69) is 66.4 Å². The van der Waals surface area contributed by atoms with Gasteiger partial charge >= 0.3 is 0 Å². The van der Waals surface area contributed by atoms with Gasteiger partial charge in [-0.15, -0.1) is 0 Å². The third-order valence-electron chi connectivity index (χ3n) is 8.19. The Hall–Kier alpha value is -4.37. The first-order valence-electron chi connectivity index (χ1n) is 15.1. The fourth-order valence-corrected chi connectivity index (χ4v) is 5.87. The van der Waals surface area contributed by atoms with Crippen LogP contribution in [0, 0.1) is 24.7 Å². The topological polar surface area (TPSA) is 118 Å². The van der Waals surface area contributed by atoms with E-state index >= 15 is 0 Å². The van der Waals surface area contributed by atoms with Gasteiger partial charge in [0.15, 0.2) is 8.32 Å². The number of carbonyl (C=O) groups is 2.